The molecule has 1 aromatic heterocycles. The van der Waals surface area contributed by atoms with Crippen molar-refractivity contribution in [2.75, 3.05) is 23.3 Å². The number of halogens is 3. The zero-order valence-electron chi connectivity index (χ0n) is 14.4. The van der Waals surface area contributed by atoms with Gasteiger partial charge in [-0.1, -0.05) is 6.92 Å². The number of rotatable bonds is 3. The number of pyridine rings is 1. The fourth-order valence-corrected chi connectivity index (χ4v) is 3.05. The van der Waals surface area contributed by atoms with E-state index in [1.165, 1.54) is 24.8 Å². The van der Waals surface area contributed by atoms with Crippen molar-refractivity contribution < 1.29 is 18.0 Å². The summed E-state index contributed by atoms with van der Waals surface area (Å²) in [4.78, 5) is 18.8. The van der Waals surface area contributed by atoms with Crippen LogP contribution >= 0.6 is 0 Å². The molecule has 26 heavy (non-hydrogen) atoms. The normalized spacial score (nSPS) is 17.8. The van der Waals surface area contributed by atoms with Crippen molar-refractivity contribution >= 4 is 17.4 Å². The first-order chi connectivity index (χ1) is 12.3. The summed E-state index contributed by atoms with van der Waals surface area (Å²) in [5, 5.41) is 2.58. The minimum Gasteiger partial charge on any atom is -0.356 e. The Balaban J connectivity index is 1.64. The van der Waals surface area contributed by atoms with Crippen molar-refractivity contribution in [2.45, 2.75) is 25.9 Å². The molecule has 2 aromatic rings. The van der Waals surface area contributed by atoms with Gasteiger partial charge in [0.05, 0.1) is 11.1 Å². The van der Waals surface area contributed by atoms with Crippen LogP contribution in [0.1, 0.15) is 35.7 Å². The summed E-state index contributed by atoms with van der Waals surface area (Å²) in [6.45, 7) is 4.11. The van der Waals surface area contributed by atoms with Gasteiger partial charge < -0.3 is 10.2 Å². The van der Waals surface area contributed by atoms with E-state index < -0.39 is 17.6 Å². The van der Waals surface area contributed by atoms with Crippen LogP contribution in [0.5, 0.6) is 0 Å². The summed E-state index contributed by atoms with van der Waals surface area (Å²) in [6, 6.07) is 7.83. The van der Waals surface area contributed by atoms with Crippen molar-refractivity contribution in [3.05, 3.63) is 53.7 Å². The second kappa shape index (κ2) is 7.35. The standard InChI is InChI=1S/C19H20F3N3O/c1-13-3-2-10-25(12-13)17-9-4-14(11-23-17)18(26)24-16-7-5-15(6-8-16)19(20,21)22/h4-9,11,13H,2-3,10,12H2,1H3,(H,24,26). The van der Waals surface area contributed by atoms with Crippen molar-refractivity contribution in [1.82, 2.24) is 4.98 Å². The SMILES string of the molecule is CC1CCCN(c2ccc(C(=O)Nc3ccc(C(F)(F)F)cc3)cn2)C1. The van der Waals surface area contributed by atoms with Crippen LogP contribution in [-0.2, 0) is 6.18 Å². The lowest BCUT2D eigenvalue weighted by molar-refractivity contribution is -0.137. The van der Waals surface area contributed by atoms with E-state index in [2.05, 4.69) is 22.1 Å². The third-order valence-corrected chi connectivity index (χ3v) is 4.46. The van der Waals surface area contributed by atoms with Gasteiger partial charge in [0.15, 0.2) is 0 Å². The third-order valence-electron chi connectivity index (χ3n) is 4.46. The minimum atomic E-state index is -4.39. The summed E-state index contributed by atoms with van der Waals surface area (Å²) in [5.74, 6) is 1.05. The molecule has 0 bridgehead atoms. The highest BCUT2D eigenvalue weighted by molar-refractivity contribution is 6.04. The van der Waals surface area contributed by atoms with Crippen molar-refractivity contribution in [1.29, 1.82) is 0 Å². The zero-order valence-corrected chi connectivity index (χ0v) is 14.4. The van der Waals surface area contributed by atoms with Gasteiger partial charge in [0.2, 0.25) is 0 Å². The highest BCUT2D eigenvalue weighted by Crippen LogP contribution is 2.30. The fourth-order valence-electron chi connectivity index (χ4n) is 3.05. The molecule has 2 heterocycles. The molecule has 4 nitrogen and oxygen atoms in total. The maximum absolute atomic E-state index is 12.6. The van der Waals surface area contributed by atoms with E-state index in [9.17, 15) is 18.0 Å². The number of piperidine rings is 1. The molecule has 0 saturated carbocycles. The van der Waals surface area contributed by atoms with Crippen molar-refractivity contribution in [2.24, 2.45) is 5.92 Å². The minimum absolute atomic E-state index is 0.303. The topological polar surface area (TPSA) is 45.2 Å². The van der Waals surface area contributed by atoms with E-state index in [4.69, 9.17) is 0 Å². The smallest absolute Gasteiger partial charge is 0.356 e. The highest BCUT2D eigenvalue weighted by Gasteiger charge is 2.30. The number of nitrogens with one attached hydrogen (secondary N) is 1. The van der Waals surface area contributed by atoms with Gasteiger partial charge in [0.25, 0.3) is 5.91 Å². The third kappa shape index (κ3) is 4.33. The number of carbonyl (C=O) groups excluding carboxylic acids is 1. The first-order valence-electron chi connectivity index (χ1n) is 8.52. The average molecular weight is 363 g/mol. The fraction of sp³-hybridized carbons (Fsp3) is 0.368. The maximum Gasteiger partial charge on any atom is 0.416 e. The van der Waals surface area contributed by atoms with Gasteiger partial charge in [0, 0.05) is 25.0 Å². The molecule has 1 amide bonds. The Morgan fingerprint density at radius 3 is 2.50 bits per heavy atom. The van der Waals surface area contributed by atoms with Crippen LogP contribution in [0.2, 0.25) is 0 Å². The lowest BCUT2D eigenvalue weighted by Crippen LogP contribution is -2.34. The monoisotopic (exact) mass is 363 g/mol. The number of anilines is 2. The quantitative estimate of drug-likeness (QED) is 0.868. The second-order valence-electron chi connectivity index (χ2n) is 6.63. The van der Waals surface area contributed by atoms with Gasteiger partial charge in [-0.2, -0.15) is 13.2 Å². The Morgan fingerprint density at radius 1 is 1.19 bits per heavy atom. The van der Waals surface area contributed by atoms with Gasteiger partial charge in [0.1, 0.15) is 5.82 Å². The molecular formula is C19H20F3N3O. The Hall–Kier alpha value is -2.57. The Kier molecular flexibility index (Phi) is 5.15. The highest BCUT2D eigenvalue weighted by atomic mass is 19.4. The molecule has 1 aromatic carbocycles. The number of hydrogen-bond acceptors (Lipinski definition) is 3. The molecule has 1 unspecified atom stereocenters. The van der Waals surface area contributed by atoms with E-state index in [1.54, 1.807) is 12.1 Å². The van der Waals surface area contributed by atoms with E-state index in [0.29, 0.717) is 17.2 Å². The van der Waals surface area contributed by atoms with Crippen LogP contribution < -0.4 is 10.2 Å². The Bertz CT molecular complexity index is 757. The summed E-state index contributed by atoms with van der Waals surface area (Å²) in [6.07, 6.45) is -0.564. The average Bonchev–Trinajstić information content (AvgIpc) is 2.61. The summed E-state index contributed by atoms with van der Waals surface area (Å²) >= 11 is 0. The van der Waals surface area contributed by atoms with E-state index >= 15 is 0 Å². The van der Waals surface area contributed by atoms with Crippen LogP contribution in [-0.4, -0.2) is 24.0 Å². The number of hydrogen-bond donors (Lipinski definition) is 1. The zero-order chi connectivity index (χ0) is 18.7. The molecule has 138 valence electrons. The number of aromatic nitrogens is 1. The molecule has 0 spiro atoms. The van der Waals surface area contributed by atoms with Crippen molar-refractivity contribution in [3.8, 4) is 0 Å². The number of nitrogens with zero attached hydrogens (tertiary/aromatic N) is 2. The lowest BCUT2D eigenvalue weighted by Gasteiger charge is -2.31. The van der Waals surface area contributed by atoms with E-state index in [0.717, 1.165) is 37.5 Å². The van der Waals surface area contributed by atoms with Gasteiger partial charge in [-0.15, -0.1) is 0 Å². The summed E-state index contributed by atoms with van der Waals surface area (Å²) in [5.41, 5.74) is -0.0899. The first kappa shape index (κ1) is 18.2. The van der Waals surface area contributed by atoms with Gasteiger partial charge >= 0.3 is 6.18 Å². The number of benzene rings is 1. The predicted molar refractivity (Wildman–Crippen MR) is 94.2 cm³/mol. The van der Waals surface area contributed by atoms with Crippen LogP contribution in [0.25, 0.3) is 0 Å². The van der Waals surface area contributed by atoms with Gasteiger partial charge in [-0.25, -0.2) is 4.98 Å². The number of carbonyl (C=O) groups is 1. The molecule has 0 aliphatic carbocycles. The van der Waals surface area contributed by atoms with E-state index in [-0.39, 0.29) is 0 Å². The van der Waals surface area contributed by atoms with Crippen LogP contribution in [0.3, 0.4) is 0 Å². The summed E-state index contributed by atoms with van der Waals surface area (Å²) in [7, 11) is 0. The second-order valence-corrected chi connectivity index (χ2v) is 6.63. The molecular weight excluding hydrogens is 343 g/mol. The maximum atomic E-state index is 12.6. The molecule has 1 saturated heterocycles. The number of alkyl halides is 3. The lowest BCUT2D eigenvalue weighted by atomic mass is 10.0. The van der Waals surface area contributed by atoms with Gasteiger partial charge in [-0.05, 0) is 55.2 Å². The van der Waals surface area contributed by atoms with Crippen LogP contribution in [0, 0.1) is 5.92 Å². The molecule has 1 aliphatic rings. The molecule has 7 heteroatoms. The first-order valence-corrected chi connectivity index (χ1v) is 8.52. The molecule has 1 fully saturated rings. The van der Waals surface area contributed by atoms with Crippen molar-refractivity contribution in [3.63, 3.8) is 0 Å². The Morgan fingerprint density at radius 2 is 1.92 bits per heavy atom. The predicted octanol–water partition coefficient (Wildman–Crippen LogP) is 4.59. The summed E-state index contributed by atoms with van der Waals surface area (Å²) < 4.78 is 37.7. The van der Waals surface area contributed by atoms with E-state index in [1.807, 2.05) is 0 Å². The van der Waals surface area contributed by atoms with Crippen LogP contribution in [0.4, 0.5) is 24.7 Å². The largest absolute Gasteiger partial charge is 0.416 e. The van der Waals surface area contributed by atoms with Gasteiger partial charge in [-0.3, -0.25) is 4.79 Å². The Labute approximate surface area is 150 Å². The molecule has 3 rings (SSSR count). The molecule has 1 N–H and O–H groups in total. The molecule has 1 aliphatic heterocycles. The molecule has 0 radical (unpaired) electrons. The van der Waals surface area contributed by atoms with Crippen LogP contribution in [0.15, 0.2) is 42.6 Å². The number of amides is 1. The molecule has 1 atom stereocenters.